The van der Waals surface area contributed by atoms with E-state index in [0.29, 0.717) is 0 Å². The van der Waals surface area contributed by atoms with E-state index < -0.39 is 0 Å². The molecule has 1 N–H and O–H groups in total. The van der Waals surface area contributed by atoms with Gasteiger partial charge in [0.15, 0.2) is 0 Å². The highest BCUT2D eigenvalue weighted by molar-refractivity contribution is 9.10. The van der Waals surface area contributed by atoms with E-state index in [1.807, 2.05) is 12.1 Å². The summed E-state index contributed by atoms with van der Waals surface area (Å²) in [6.07, 6.45) is 2.71. The third-order valence-corrected chi connectivity index (χ3v) is 5.00. The zero-order valence-corrected chi connectivity index (χ0v) is 12.9. The maximum absolute atomic E-state index is 6.18. The predicted molar refractivity (Wildman–Crippen MR) is 80.9 cm³/mol. The van der Waals surface area contributed by atoms with Crippen LogP contribution >= 0.6 is 39.3 Å². The van der Waals surface area contributed by atoms with Gasteiger partial charge in [0.2, 0.25) is 0 Å². The molecule has 0 bridgehead atoms. The van der Waals surface area contributed by atoms with Crippen molar-refractivity contribution in [2.24, 2.45) is 5.92 Å². The zero-order valence-electron chi connectivity index (χ0n) is 9.72. The standard InChI is InChI=1S/C13H17BrClNS/c14-12-2-1-11(13(15)7-12)9-16-8-10-3-5-17-6-4-10/h1-2,7,10,16H,3-6,8-9H2. The van der Waals surface area contributed by atoms with Gasteiger partial charge in [-0.1, -0.05) is 33.6 Å². The molecular formula is C13H17BrClNS. The topological polar surface area (TPSA) is 12.0 Å². The molecule has 1 saturated heterocycles. The van der Waals surface area contributed by atoms with Crippen LogP contribution in [0.2, 0.25) is 5.02 Å². The molecule has 1 nitrogen and oxygen atoms in total. The summed E-state index contributed by atoms with van der Waals surface area (Å²) in [4.78, 5) is 0. The number of hydrogen-bond donors (Lipinski definition) is 1. The molecule has 0 aromatic heterocycles. The second kappa shape index (κ2) is 7.03. The molecule has 1 aromatic rings. The lowest BCUT2D eigenvalue weighted by molar-refractivity contribution is 0.448. The molecule has 1 aromatic carbocycles. The summed E-state index contributed by atoms with van der Waals surface area (Å²) in [5.41, 5.74) is 1.18. The Hall–Kier alpha value is 0.300. The van der Waals surface area contributed by atoms with Crippen molar-refractivity contribution in [3.05, 3.63) is 33.3 Å². The molecule has 0 atom stereocenters. The van der Waals surface area contributed by atoms with Gasteiger partial charge in [-0.05, 0) is 54.5 Å². The summed E-state index contributed by atoms with van der Waals surface area (Å²) >= 11 is 11.7. The maximum Gasteiger partial charge on any atom is 0.0462 e. The first-order valence-corrected chi connectivity index (χ1v) is 8.30. The number of nitrogens with one attached hydrogen (secondary N) is 1. The Morgan fingerprint density at radius 3 is 2.82 bits per heavy atom. The fourth-order valence-electron chi connectivity index (χ4n) is 2.03. The van der Waals surface area contributed by atoms with Crippen molar-refractivity contribution in [3.63, 3.8) is 0 Å². The zero-order chi connectivity index (χ0) is 12.1. The highest BCUT2D eigenvalue weighted by Gasteiger charge is 2.13. The molecule has 2 rings (SSSR count). The molecule has 0 radical (unpaired) electrons. The van der Waals surface area contributed by atoms with E-state index in [0.717, 1.165) is 28.5 Å². The molecule has 1 heterocycles. The smallest absolute Gasteiger partial charge is 0.0462 e. The molecule has 0 spiro atoms. The summed E-state index contributed by atoms with van der Waals surface area (Å²) < 4.78 is 1.04. The lowest BCUT2D eigenvalue weighted by Gasteiger charge is -2.21. The quantitative estimate of drug-likeness (QED) is 0.879. The van der Waals surface area contributed by atoms with Crippen LogP contribution in [0.5, 0.6) is 0 Å². The van der Waals surface area contributed by atoms with E-state index in [1.165, 1.54) is 29.9 Å². The van der Waals surface area contributed by atoms with Crippen molar-refractivity contribution >= 4 is 39.3 Å². The Labute approximate surface area is 121 Å². The van der Waals surface area contributed by atoms with Gasteiger partial charge in [0.1, 0.15) is 0 Å². The van der Waals surface area contributed by atoms with Gasteiger partial charge >= 0.3 is 0 Å². The van der Waals surface area contributed by atoms with Crippen LogP contribution < -0.4 is 5.32 Å². The first-order valence-electron chi connectivity index (χ1n) is 5.98. The largest absolute Gasteiger partial charge is 0.312 e. The first kappa shape index (κ1) is 13.7. The maximum atomic E-state index is 6.18. The van der Waals surface area contributed by atoms with Crippen LogP contribution in [-0.2, 0) is 6.54 Å². The van der Waals surface area contributed by atoms with E-state index in [4.69, 9.17) is 11.6 Å². The summed E-state index contributed by atoms with van der Waals surface area (Å²) in [5.74, 6) is 3.50. The van der Waals surface area contributed by atoms with Crippen LogP contribution in [0.4, 0.5) is 0 Å². The highest BCUT2D eigenvalue weighted by atomic mass is 79.9. The van der Waals surface area contributed by atoms with Crippen LogP contribution in [0.15, 0.2) is 22.7 Å². The van der Waals surface area contributed by atoms with Crippen molar-refractivity contribution in [1.29, 1.82) is 0 Å². The average Bonchev–Trinajstić information content (AvgIpc) is 2.33. The van der Waals surface area contributed by atoms with Crippen LogP contribution in [0.3, 0.4) is 0 Å². The van der Waals surface area contributed by atoms with Gasteiger partial charge in [-0.3, -0.25) is 0 Å². The summed E-state index contributed by atoms with van der Waals surface area (Å²) in [7, 11) is 0. The van der Waals surface area contributed by atoms with Crippen molar-refractivity contribution in [3.8, 4) is 0 Å². The Balaban J connectivity index is 1.77. The van der Waals surface area contributed by atoms with Gasteiger partial charge in [0.25, 0.3) is 0 Å². The first-order chi connectivity index (χ1) is 8.25. The third-order valence-electron chi connectivity index (χ3n) is 3.10. The molecule has 1 fully saturated rings. The van der Waals surface area contributed by atoms with Crippen molar-refractivity contribution in [2.75, 3.05) is 18.1 Å². The SMILES string of the molecule is Clc1cc(Br)ccc1CNCC1CCSCC1. The Kier molecular flexibility index (Phi) is 5.67. The van der Waals surface area contributed by atoms with Gasteiger partial charge < -0.3 is 5.32 Å². The minimum absolute atomic E-state index is 0.839. The van der Waals surface area contributed by atoms with Crippen LogP contribution in [-0.4, -0.2) is 18.1 Å². The lowest BCUT2D eigenvalue weighted by Crippen LogP contribution is -2.25. The second-order valence-electron chi connectivity index (χ2n) is 4.42. The van der Waals surface area contributed by atoms with E-state index in [-0.39, 0.29) is 0 Å². The van der Waals surface area contributed by atoms with E-state index in [2.05, 4.69) is 39.1 Å². The van der Waals surface area contributed by atoms with Crippen LogP contribution in [0.1, 0.15) is 18.4 Å². The fraction of sp³-hybridized carbons (Fsp3) is 0.538. The molecule has 0 saturated carbocycles. The summed E-state index contributed by atoms with van der Waals surface area (Å²) in [5, 5.41) is 4.36. The van der Waals surface area contributed by atoms with Crippen LogP contribution in [0.25, 0.3) is 0 Å². The van der Waals surface area contributed by atoms with Gasteiger partial charge in [-0.15, -0.1) is 0 Å². The van der Waals surface area contributed by atoms with Crippen molar-refractivity contribution in [2.45, 2.75) is 19.4 Å². The molecule has 1 aliphatic rings. The number of halogens is 2. The van der Waals surface area contributed by atoms with Crippen molar-refractivity contribution in [1.82, 2.24) is 5.32 Å². The minimum Gasteiger partial charge on any atom is -0.312 e. The Morgan fingerprint density at radius 2 is 2.12 bits per heavy atom. The lowest BCUT2D eigenvalue weighted by atomic mass is 10.0. The second-order valence-corrected chi connectivity index (χ2v) is 6.97. The molecule has 94 valence electrons. The third kappa shape index (κ3) is 4.47. The minimum atomic E-state index is 0.839. The number of hydrogen-bond acceptors (Lipinski definition) is 2. The van der Waals surface area contributed by atoms with E-state index >= 15 is 0 Å². The average molecular weight is 335 g/mol. The summed E-state index contributed by atoms with van der Waals surface area (Å²) in [6.45, 7) is 1.99. The molecule has 0 aliphatic carbocycles. The van der Waals surface area contributed by atoms with Gasteiger partial charge in [-0.25, -0.2) is 0 Å². The Bertz CT molecular complexity index is 366. The fourth-order valence-corrected chi connectivity index (χ4v) is 3.97. The van der Waals surface area contributed by atoms with Gasteiger partial charge in [0.05, 0.1) is 0 Å². The van der Waals surface area contributed by atoms with Crippen molar-refractivity contribution < 1.29 is 0 Å². The monoisotopic (exact) mass is 333 g/mol. The molecule has 1 aliphatic heterocycles. The molecule has 0 amide bonds. The van der Waals surface area contributed by atoms with Gasteiger partial charge in [0, 0.05) is 16.0 Å². The van der Waals surface area contributed by atoms with Gasteiger partial charge in [-0.2, -0.15) is 11.8 Å². The van der Waals surface area contributed by atoms with Crippen LogP contribution in [0, 0.1) is 5.92 Å². The van der Waals surface area contributed by atoms with E-state index in [9.17, 15) is 0 Å². The number of rotatable bonds is 4. The Morgan fingerprint density at radius 1 is 1.35 bits per heavy atom. The number of thioether (sulfide) groups is 1. The highest BCUT2D eigenvalue weighted by Crippen LogP contribution is 2.23. The molecular weight excluding hydrogens is 318 g/mol. The number of benzene rings is 1. The van der Waals surface area contributed by atoms with E-state index in [1.54, 1.807) is 0 Å². The summed E-state index contributed by atoms with van der Waals surface area (Å²) in [6, 6.07) is 6.08. The molecule has 0 unspecified atom stereocenters. The normalized spacial score (nSPS) is 17.3. The molecule has 17 heavy (non-hydrogen) atoms. The predicted octanol–water partition coefficient (Wildman–Crippen LogP) is 4.34. The molecule has 4 heteroatoms.